The first-order valence-electron chi connectivity index (χ1n) is 10.1. The van der Waals surface area contributed by atoms with Crippen molar-refractivity contribution in [2.24, 2.45) is 0 Å². The van der Waals surface area contributed by atoms with Gasteiger partial charge in [-0.25, -0.2) is 9.78 Å². The Morgan fingerprint density at radius 3 is 2.48 bits per heavy atom. The Labute approximate surface area is 201 Å². The lowest BCUT2D eigenvalue weighted by Gasteiger charge is -2.17. The van der Waals surface area contributed by atoms with E-state index in [1.54, 1.807) is 19.1 Å². The van der Waals surface area contributed by atoms with E-state index in [0.717, 1.165) is 5.56 Å². The number of ether oxygens (including phenoxy) is 3. The van der Waals surface area contributed by atoms with Gasteiger partial charge in [0.05, 0.1) is 23.0 Å². The molecule has 1 amide bonds. The van der Waals surface area contributed by atoms with E-state index < -0.39 is 23.9 Å². The van der Waals surface area contributed by atoms with Crippen molar-refractivity contribution in [2.45, 2.75) is 32.8 Å². The number of aryl methyl sites for hydroxylation is 1. The molecule has 1 aromatic heterocycles. The zero-order chi connectivity index (χ0) is 24.4. The monoisotopic (exact) mass is 497 g/mol. The number of aromatic nitrogens is 1. The molecule has 3 N–H and O–H groups in total. The third-order valence-electron chi connectivity index (χ3n) is 4.30. The van der Waals surface area contributed by atoms with E-state index in [2.05, 4.69) is 10.3 Å². The number of nitrogens with one attached hydrogen (secondary N) is 1. The summed E-state index contributed by atoms with van der Waals surface area (Å²) in [6.45, 7) is 3.39. The second kappa shape index (κ2) is 12.9. The van der Waals surface area contributed by atoms with Crippen LogP contribution in [-0.4, -0.2) is 42.6 Å². The van der Waals surface area contributed by atoms with Crippen LogP contribution in [0.4, 0.5) is 5.69 Å². The summed E-state index contributed by atoms with van der Waals surface area (Å²) >= 11 is 11.9. The minimum atomic E-state index is -1.31. The minimum Gasteiger partial charge on any atom is -0.482 e. The Bertz CT molecular complexity index is 962. The molecule has 9 nitrogen and oxygen atoms in total. The van der Waals surface area contributed by atoms with Crippen LogP contribution >= 0.6 is 23.2 Å². The summed E-state index contributed by atoms with van der Waals surface area (Å²) in [4.78, 5) is 39.4. The zero-order valence-electron chi connectivity index (χ0n) is 18.2. The summed E-state index contributed by atoms with van der Waals surface area (Å²) in [6.07, 6.45) is -0.0129. The molecule has 1 atom stereocenters. The van der Waals surface area contributed by atoms with E-state index in [0.29, 0.717) is 31.7 Å². The van der Waals surface area contributed by atoms with Gasteiger partial charge in [-0.15, -0.1) is 0 Å². The molecule has 0 aliphatic carbocycles. The Balaban J connectivity index is 1.87. The molecule has 0 fully saturated rings. The molecule has 0 aliphatic rings. The predicted molar refractivity (Wildman–Crippen MR) is 123 cm³/mol. The number of esters is 2. The number of nitrogens with zero attached hydrogens (tertiary/aromatic N) is 1. The van der Waals surface area contributed by atoms with Crippen LogP contribution in [0.1, 0.15) is 37.6 Å². The summed E-state index contributed by atoms with van der Waals surface area (Å²) in [5.74, 6) is -1.09. The highest BCUT2D eigenvalue weighted by Gasteiger charge is 2.26. The molecule has 1 aromatic carbocycles. The number of hydrogen-bond donors (Lipinski definition) is 2. The SMILES string of the molecule is CCOC(=O)COc1ccc(CCCNC(=O)C(OC(C)=O)c2cc(Cl)c(N)c(Cl)n2)cc1. The van der Waals surface area contributed by atoms with Crippen molar-refractivity contribution in [2.75, 3.05) is 25.5 Å². The molecule has 1 unspecified atom stereocenters. The van der Waals surface area contributed by atoms with Crippen molar-refractivity contribution in [1.29, 1.82) is 0 Å². The average molecular weight is 498 g/mol. The van der Waals surface area contributed by atoms with Crippen molar-refractivity contribution in [3.05, 3.63) is 51.8 Å². The molecule has 11 heteroatoms. The molecule has 0 saturated heterocycles. The molecule has 0 spiro atoms. The van der Waals surface area contributed by atoms with Crippen LogP contribution in [0.5, 0.6) is 5.75 Å². The first-order chi connectivity index (χ1) is 15.7. The maximum absolute atomic E-state index is 12.6. The van der Waals surface area contributed by atoms with Crippen molar-refractivity contribution >= 4 is 46.7 Å². The number of hydrogen-bond acceptors (Lipinski definition) is 8. The van der Waals surface area contributed by atoms with Crippen molar-refractivity contribution in [3.63, 3.8) is 0 Å². The maximum Gasteiger partial charge on any atom is 0.344 e. The molecule has 2 aromatic rings. The van der Waals surface area contributed by atoms with Gasteiger partial charge >= 0.3 is 11.9 Å². The molecular weight excluding hydrogens is 473 g/mol. The van der Waals surface area contributed by atoms with E-state index in [4.69, 9.17) is 43.1 Å². The van der Waals surface area contributed by atoms with E-state index in [9.17, 15) is 14.4 Å². The summed E-state index contributed by atoms with van der Waals surface area (Å²) < 4.78 is 15.3. The van der Waals surface area contributed by atoms with Gasteiger partial charge in [-0.05, 0) is 43.5 Å². The lowest BCUT2D eigenvalue weighted by atomic mass is 10.1. The number of benzene rings is 1. The summed E-state index contributed by atoms with van der Waals surface area (Å²) in [7, 11) is 0. The molecule has 0 bridgehead atoms. The van der Waals surface area contributed by atoms with Crippen LogP contribution in [0.2, 0.25) is 10.2 Å². The smallest absolute Gasteiger partial charge is 0.344 e. The molecule has 2 rings (SSSR count). The van der Waals surface area contributed by atoms with E-state index in [1.807, 2.05) is 12.1 Å². The highest BCUT2D eigenvalue weighted by molar-refractivity contribution is 6.38. The van der Waals surface area contributed by atoms with Gasteiger partial charge in [-0.1, -0.05) is 35.3 Å². The largest absolute Gasteiger partial charge is 0.482 e. The molecular formula is C22H25Cl2N3O6. The van der Waals surface area contributed by atoms with E-state index in [-0.39, 0.29) is 28.2 Å². The first-order valence-corrected chi connectivity index (χ1v) is 10.9. The third-order valence-corrected chi connectivity index (χ3v) is 4.90. The molecule has 0 aliphatic heterocycles. The highest BCUT2D eigenvalue weighted by Crippen LogP contribution is 2.29. The second-order valence-corrected chi connectivity index (χ2v) is 7.62. The number of carbonyl (C=O) groups is 3. The van der Waals surface area contributed by atoms with Gasteiger partial charge in [0.25, 0.3) is 5.91 Å². The molecule has 1 heterocycles. The second-order valence-electron chi connectivity index (χ2n) is 6.86. The molecule has 0 radical (unpaired) electrons. The van der Waals surface area contributed by atoms with Gasteiger partial charge < -0.3 is 25.3 Å². The summed E-state index contributed by atoms with van der Waals surface area (Å²) in [6, 6.07) is 8.58. The number of nitrogens with two attached hydrogens (primary N) is 1. The molecule has 178 valence electrons. The quantitative estimate of drug-likeness (QED) is 0.274. The van der Waals surface area contributed by atoms with Crippen molar-refractivity contribution in [1.82, 2.24) is 10.3 Å². The maximum atomic E-state index is 12.6. The normalized spacial score (nSPS) is 11.4. The van der Waals surface area contributed by atoms with Gasteiger partial charge in [0.2, 0.25) is 6.10 Å². The standard InChI is InChI=1S/C22H25Cl2N3O6/c1-3-31-18(29)12-32-15-8-6-14(7-9-15)5-4-10-26-22(30)20(33-13(2)28)17-11-16(23)19(25)21(24)27-17/h6-9,11,20H,3-5,10,12,25H2,1-2H3,(H,26,30). The lowest BCUT2D eigenvalue weighted by molar-refractivity contribution is -0.154. The fourth-order valence-electron chi connectivity index (χ4n) is 2.75. The van der Waals surface area contributed by atoms with Crippen molar-refractivity contribution in [3.8, 4) is 5.75 Å². The molecule has 0 saturated carbocycles. The summed E-state index contributed by atoms with van der Waals surface area (Å²) in [5.41, 5.74) is 6.83. The number of carbonyl (C=O) groups excluding carboxylic acids is 3. The number of pyridine rings is 1. The van der Waals surface area contributed by atoms with Crippen LogP contribution in [0.25, 0.3) is 0 Å². The van der Waals surface area contributed by atoms with Crippen LogP contribution < -0.4 is 15.8 Å². The van der Waals surface area contributed by atoms with Crippen LogP contribution in [0, 0.1) is 0 Å². The predicted octanol–water partition coefficient (Wildman–Crippen LogP) is 3.27. The number of amides is 1. The minimum absolute atomic E-state index is 0.0707. The fourth-order valence-corrected chi connectivity index (χ4v) is 3.20. The Morgan fingerprint density at radius 2 is 1.88 bits per heavy atom. The number of halogens is 2. The topological polar surface area (TPSA) is 130 Å². The zero-order valence-corrected chi connectivity index (χ0v) is 19.7. The molecule has 33 heavy (non-hydrogen) atoms. The van der Waals surface area contributed by atoms with Gasteiger partial charge in [-0.3, -0.25) is 9.59 Å². The summed E-state index contributed by atoms with van der Waals surface area (Å²) in [5, 5.41) is 2.73. The van der Waals surface area contributed by atoms with Crippen LogP contribution in [0.3, 0.4) is 0 Å². The number of nitrogen functional groups attached to an aromatic ring is 1. The van der Waals surface area contributed by atoms with Crippen molar-refractivity contribution < 1.29 is 28.6 Å². The van der Waals surface area contributed by atoms with E-state index >= 15 is 0 Å². The van der Waals surface area contributed by atoms with E-state index in [1.165, 1.54) is 13.0 Å². The average Bonchev–Trinajstić information content (AvgIpc) is 2.77. The Kier molecular flexibility index (Phi) is 10.2. The Morgan fingerprint density at radius 1 is 1.18 bits per heavy atom. The Hall–Kier alpha value is -3.04. The number of rotatable bonds is 11. The first kappa shape index (κ1) is 26.2. The van der Waals surface area contributed by atoms with Gasteiger partial charge in [0.1, 0.15) is 5.75 Å². The fraction of sp³-hybridized carbons (Fsp3) is 0.364. The third kappa shape index (κ3) is 8.43. The van der Waals surface area contributed by atoms with Gasteiger partial charge in [0, 0.05) is 13.5 Å². The lowest BCUT2D eigenvalue weighted by Crippen LogP contribution is -2.33. The van der Waals surface area contributed by atoms with Gasteiger partial charge in [0.15, 0.2) is 11.8 Å². The van der Waals surface area contributed by atoms with Gasteiger partial charge in [-0.2, -0.15) is 0 Å². The number of anilines is 1. The van der Waals surface area contributed by atoms with Crippen LogP contribution in [-0.2, 0) is 30.3 Å². The highest BCUT2D eigenvalue weighted by atomic mass is 35.5. The van der Waals surface area contributed by atoms with Crippen LogP contribution in [0.15, 0.2) is 30.3 Å².